The topological polar surface area (TPSA) is 48.4 Å². The number of hydrogen-bond acceptors (Lipinski definition) is 4. The number of hydrogen-bond donors (Lipinski definition) is 2. The van der Waals surface area contributed by atoms with E-state index in [-0.39, 0.29) is 6.61 Å². The molecule has 1 aliphatic rings. The van der Waals surface area contributed by atoms with Gasteiger partial charge in [0.15, 0.2) is 0 Å². The Balaban J connectivity index is 2.00. The van der Waals surface area contributed by atoms with Crippen molar-refractivity contribution in [1.29, 1.82) is 0 Å². The van der Waals surface area contributed by atoms with Crippen molar-refractivity contribution in [2.24, 2.45) is 0 Å². The van der Waals surface area contributed by atoms with Gasteiger partial charge in [0.25, 0.3) is 0 Å². The number of halogens is 2. The Labute approximate surface area is 123 Å². The summed E-state index contributed by atoms with van der Waals surface area (Å²) in [6, 6.07) is 3.93. The summed E-state index contributed by atoms with van der Waals surface area (Å²) in [5.74, 6) is 0. The van der Waals surface area contributed by atoms with Crippen LogP contribution in [-0.4, -0.2) is 47.3 Å². The van der Waals surface area contributed by atoms with Crippen LogP contribution in [0.15, 0.2) is 12.1 Å². The Morgan fingerprint density at radius 3 is 2.95 bits per heavy atom. The summed E-state index contributed by atoms with van der Waals surface area (Å²) in [7, 11) is 0. The van der Waals surface area contributed by atoms with Crippen LogP contribution in [0.5, 0.6) is 0 Å². The molecule has 2 N–H and O–H groups in total. The quantitative estimate of drug-likeness (QED) is 0.789. The maximum atomic E-state index is 9.17. The predicted octanol–water partition coefficient (Wildman–Crippen LogP) is 1.93. The number of nitrogens with zero attached hydrogens (tertiary/aromatic N) is 2. The molecule has 1 saturated heterocycles. The Bertz CT molecular complexity index is 411. The minimum absolute atomic E-state index is 0.130. The van der Waals surface area contributed by atoms with Crippen LogP contribution in [-0.2, 0) is 6.54 Å². The number of aliphatic hydroxyl groups is 1. The Morgan fingerprint density at radius 1 is 1.42 bits per heavy atom. The van der Waals surface area contributed by atoms with Crippen LogP contribution in [0.1, 0.15) is 18.5 Å². The SMILES string of the molecule is OCCN(Cc1nc(Cl)ccc1Cl)CC1CCCN1. The Hall–Kier alpha value is -0.390. The molecule has 1 fully saturated rings. The highest BCUT2D eigenvalue weighted by molar-refractivity contribution is 6.32. The molecule has 0 bridgehead atoms. The van der Waals surface area contributed by atoms with E-state index in [1.165, 1.54) is 12.8 Å². The van der Waals surface area contributed by atoms with Crippen molar-refractivity contribution in [1.82, 2.24) is 15.2 Å². The van der Waals surface area contributed by atoms with E-state index in [0.717, 1.165) is 18.8 Å². The highest BCUT2D eigenvalue weighted by Gasteiger charge is 2.19. The molecule has 6 heteroatoms. The zero-order valence-corrected chi connectivity index (χ0v) is 12.3. The smallest absolute Gasteiger partial charge is 0.129 e. The summed E-state index contributed by atoms with van der Waals surface area (Å²) in [5, 5.41) is 13.7. The van der Waals surface area contributed by atoms with Gasteiger partial charge < -0.3 is 10.4 Å². The number of nitrogens with one attached hydrogen (secondary N) is 1. The standard InChI is InChI=1S/C13H19Cl2N3O/c14-11-3-4-13(15)17-12(11)9-18(6-7-19)8-10-2-1-5-16-10/h3-4,10,16,19H,1-2,5-9H2. The summed E-state index contributed by atoms with van der Waals surface area (Å²) in [4.78, 5) is 6.42. The molecular formula is C13H19Cl2N3O. The minimum Gasteiger partial charge on any atom is -0.395 e. The predicted molar refractivity (Wildman–Crippen MR) is 77.6 cm³/mol. The summed E-state index contributed by atoms with van der Waals surface area (Å²) >= 11 is 12.0. The largest absolute Gasteiger partial charge is 0.395 e. The molecule has 1 aromatic heterocycles. The Morgan fingerprint density at radius 2 is 2.26 bits per heavy atom. The van der Waals surface area contributed by atoms with E-state index in [1.54, 1.807) is 12.1 Å². The second kappa shape index (κ2) is 7.41. The highest BCUT2D eigenvalue weighted by atomic mass is 35.5. The van der Waals surface area contributed by atoms with Crippen LogP contribution in [0, 0.1) is 0 Å². The summed E-state index contributed by atoms with van der Waals surface area (Å²) in [6.45, 7) is 3.32. The lowest BCUT2D eigenvalue weighted by atomic mass is 10.2. The van der Waals surface area contributed by atoms with Gasteiger partial charge in [0.2, 0.25) is 0 Å². The highest BCUT2D eigenvalue weighted by Crippen LogP contribution is 2.19. The third-order valence-electron chi connectivity index (χ3n) is 3.32. The van der Waals surface area contributed by atoms with Gasteiger partial charge in [-0.05, 0) is 31.5 Å². The van der Waals surface area contributed by atoms with E-state index < -0.39 is 0 Å². The van der Waals surface area contributed by atoms with Crippen molar-refractivity contribution in [2.75, 3.05) is 26.2 Å². The normalized spacial score (nSPS) is 19.3. The lowest BCUT2D eigenvalue weighted by Crippen LogP contribution is -2.38. The van der Waals surface area contributed by atoms with Gasteiger partial charge in [-0.25, -0.2) is 4.98 Å². The average Bonchev–Trinajstić information content (AvgIpc) is 2.87. The molecule has 0 aromatic carbocycles. The molecule has 106 valence electrons. The molecule has 1 atom stereocenters. The summed E-state index contributed by atoms with van der Waals surface area (Å²) < 4.78 is 0. The van der Waals surface area contributed by atoms with E-state index >= 15 is 0 Å². The van der Waals surface area contributed by atoms with E-state index in [2.05, 4.69) is 15.2 Å². The first-order chi connectivity index (χ1) is 9.19. The van der Waals surface area contributed by atoms with Crippen molar-refractivity contribution in [3.63, 3.8) is 0 Å². The van der Waals surface area contributed by atoms with Crippen molar-refractivity contribution in [3.8, 4) is 0 Å². The fourth-order valence-corrected chi connectivity index (χ4v) is 2.71. The van der Waals surface area contributed by atoms with Crippen molar-refractivity contribution in [3.05, 3.63) is 28.0 Å². The van der Waals surface area contributed by atoms with Crippen LogP contribution >= 0.6 is 23.2 Å². The van der Waals surface area contributed by atoms with Crippen molar-refractivity contribution in [2.45, 2.75) is 25.4 Å². The second-order valence-electron chi connectivity index (χ2n) is 4.81. The molecule has 4 nitrogen and oxygen atoms in total. The number of aromatic nitrogens is 1. The van der Waals surface area contributed by atoms with Crippen molar-refractivity contribution < 1.29 is 5.11 Å². The minimum atomic E-state index is 0.130. The van der Waals surface area contributed by atoms with Gasteiger partial charge in [0, 0.05) is 25.7 Å². The second-order valence-corrected chi connectivity index (χ2v) is 5.61. The monoisotopic (exact) mass is 303 g/mol. The van der Waals surface area contributed by atoms with Crippen LogP contribution in [0.3, 0.4) is 0 Å². The third kappa shape index (κ3) is 4.58. The first-order valence-electron chi connectivity index (χ1n) is 6.56. The van der Waals surface area contributed by atoms with Crippen LogP contribution in [0.2, 0.25) is 10.2 Å². The van der Waals surface area contributed by atoms with Gasteiger partial charge in [-0.15, -0.1) is 0 Å². The van der Waals surface area contributed by atoms with E-state index in [1.807, 2.05) is 0 Å². The van der Waals surface area contributed by atoms with Crippen LogP contribution < -0.4 is 5.32 Å². The summed E-state index contributed by atoms with van der Waals surface area (Å²) in [5.41, 5.74) is 0.764. The molecule has 0 spiro atoms. The van der Waals surface area contributed by atoms with Gasteiger partial charge >= 0.3 is 0 Å². The lowest BCUT2D eigenvalue weighted by molar-refractivity contribution is 0.177. The fourth-order valence-electron chi connectivity index (χ4n) is 2.38. The van der Waals surface area contributed by atoms with Gasteiger partial charge in [-0.2, -0.15) is 0 Å². The zero-order chi connectivity index (χ0) is 13.7. The molecule has 1 unspecified atom stereocenters. The van der Waals surface area contributed by atoms with E-state index in [9.17, 15) is 5.11 Å². The number of pyridine rings is 1. The molecular weight excluding hydrogens is 285 g/mol. The molecule has 2 rings (SSSR count). The summed E-state index contributed by atoms with van der Waals surface area (Å²) in [6.07, 6.45) is 2.40. The molecule has 0 saturated carbocycles. The molecule has 19 heavy (non-hydrogen) atoms. The van der Waals surface area contributed by atoms with Gasteiger partial charge in [-0.3, -0.25) is 4.90 Å². The van der Waals surface area contributed by atoms with E-state index in [0.29, 0.717) is 29.3 Å². The first-order valence-corrected chi connectivity index (χ1v) is 7.32. The lowest BCUT2D eigenvalue weighted by Gasteiger charge is -2.24. The van der Waals surface area contributed by atoms with Crippen LogP contribution in [0.25, 0.3) is 0 Å². The van der Waals surface area contributed by atoms with Gasteiger partial charge in [-0.1, -0.05) is 23.2 Å². The molecule has 0 amide bonds. The van der Waals surface area contributed by atoms with E-state index in [4.69, 9.17) is 23.2 Å². The zero-order valence-electron chi connectivity index (χ0n) is 10.8. The van der Waals surface area contributed by atoms with Crippen molar-refractivity contribution >= 4 is 23.2 Å². The van der Waals surface area contributed by atoms with Gasteiger partial charge in [0.1, 0.15) is 5.15 Å². The maximum absolute atomic E-state index is 9.17. The maximum Gasteiger partial charge on any atom is 0.129 e. The Kier molecular flexibility index (Phi) is 5.85. The number of rotatable bonds is 6. The van der Waals surface area contributed by atoms with Crippen LogP contribution in [0.4, 0.5) is 0 Å². The van der Waals surface area contributed by atoms with Gasteiger partial charge in [0.05, 0.1) is 17.3 Å². The first kappa shape index (κ1) is 15.0. The fraction of sp³-hybridized carbons (Fsp3) is 0.615. The molecule has 1 aromatic rings. The molecule has 2 heterocycles. The third-order valence-corrected chi connectivity index (χ3v) is 3.87. The molecule has 1 aliphatic heterocycles. The molecule has 0 radical (unpaired) electrons. The molecule has 0 aliphatic carbocycles. The number of aliphatic hydroxyl groups excluding tert-OH is 1. The average molecular weight is 304 g/mol.